The first-order valence-corrected chi connectivity index (χ1v) is 5.83. The van der Waals surface area contributed by atoms with E-state index in [9.17, 15) is 0 Å². The molecule has 0 atom stereocenters. The van der Waals surface area contributed by atoms with Crippen molar-refractivity contribution < 1.29 is 4.84 Å². The number of hydrogen-bond donors (Lipinski definition) is 0. The first kappa shape index (κ1) is 11.1. The van der Waals surface area contributed by atoms with Gasteiger partial charge in [0.2, 0.25) is 0 Å². The highest BCUT2D eigenvalue weighted by Crippen LogP contribution is 2.08. The SMILES string of the molecule is CO/N=C(\CSC)c1ccc(C)cc1. The molecule has 0 saturated heterocycles. The van der Waals surface area contributed by atoms with Gasteiger partial charge in [-0.1, -0.05) is 35.0 Å². The van der Waals surface area contributed by atoms with Crippen molar-refractivity contribution in [2.45, 2.75) is 6.92 Å². The Kier molecular flexibility index (Phi) is 4.53. The summed E-state index contributed by atoms with van der Waals surface area (Å²) in [6.07, 6.45) is 2.05. The maximum Gasteiger partial charge on any atom is 0.106 e. The van der Waals surface area contributed by atoms with Crippen molar-refractivity contribution in [2.24, 2.45) is 5.16 Å². The van der Waals surface area contributed by atoms with E-state index in [-0.39, 0.29) is 0 Å². The van der Waals surface area contributed by atoms with Crippen molar-refractivity contribution in [2.75, 3.05) is 19.1 Å². The fourth-order valence-electron chi connectivity index (χ4n) is 1.16. The van der Waals surface area contributed by atoms with Crippen LogP contribution in [-0.2, 0) is 4.84 Å². The molecule has 76 valence electrons. The second-order valence-electron chi connectivity index (χ2n) is 3.02. The monoisotopic (exact) mass is 209 g/mol. The maximum atomic E-state index is 4.82. The molecule has 1 aromatic rings. The van der Waals surface area contributed by atoms with Crippen molar-refractivity contribution in [3.05, 3.63) is 35.4 Å². The lowest BCUT2D eigenvalue weighted by Gasteiger charge is -2.04. The van der Waals surface area contributed by atoms with Gasteiger partial charge in [0.25, 0.3) is 0 Å². The number of hydrogen-bond acceptors (Lipinski definition) is 3. The van der Waals surface area contributed by atoms with Crippen LogP contribution in [0.1, 0.15) is 11.1 Å². The van der Waals surface area contributed by atoms with Gasteiger partial charge in [-0.25, -0.2) is 0 Å². The van der Waals surface area contributed by atoms with Crippen LogP contribution in [0.3, 0.4) is 0 Å². The van der Waals surface area contributed by atoms with Crippen molar-refractivity contribution in [1.82, 2.24) is 0 Å². The second kappa shape index (κ2) is 5.70. The summed E-state index contributed by atoms with van der Waals surface area (Å²) in [5.41, 5.74) is 3.38. The van der Waals surface area contributed by atoms with Gasteiger partial charge < -0.3 is 4.84 Å². The molecule has 0 heterocycles. The van der Waals surface area contributed by atoms with Crippen LogP contribution in [0, 0.1) is 6.92 Å². The van der Waals surface area contributed by atoms with Crippen LogP contribution in [0.5, 0.6) is 0 Å². The Balaban J connectivity index is 2.88. The normalized spacial score (nSPS) is 11.5. The molecule has 0 aromatic heterocycles. The summed E-state index contributed by atoms with van der Waals surface area (Å²) in [4.78, 5) is 4.82. The van der Waals surface area contributed by atoms with Crippen molar-refractivity contribution in [3.8, 4) is 0 Å². The molecule has 0 radical (unpaired) electrons. The van der Waals surface area contributed by atoms with Gasteiger partial charge in [-0.05, 0) is 13.2 Å². The highest BCUT2D eigenvalue weighted by atomic mass is 32.2. The molecule has 0 unspecified atom stereocenters. The number of benzene rings is 1. The van der Waals surface area contributed by atoms with Crippen molar-refractivity contribution in [3.63, 3.8) is 0 Å². The Morgan fingerprint density at radius 1 is 1.36 bits per heavy atom. The summed E-state index contributed by atoms with van der Waals surface area (Å²) >= 11 is 1.74. The van der Waals surface area contributed by atoms with Gasteiger partial charge >= 0.3 is 0 Å². The summed E-state index contributed by atoms with van der Waals surface area (Å²) in [6, 6.07) is 8.31. The van der Waals surface area contributed by atoms with Crippen LogP contribution in [0.4, 0.5) is 0 Å². The third-order valence-electron chi connectivity index (χ3n) is 1.87. The van der Waals surface area contributed by atoms with Crippen molar-refractivity contribution >= 4 is 17.5 Å². The van der Waals surface area contributed by atoms with Gasteiger partial charge in [0.05, 0.1) is 5.71 Å². The minimum Gasteiger partial charge on any atom is -0.399 e. The summed E-state index contributed by atoms with van der Waals surface area (Å²) in [5.74, 6) is 0.872. The smallest absolute Gasteiger partial charge is 0.106 e. The van der Waals surface area contributed by atoms with E-state index >= 15 is 0 Å². The van der Waals surface area contributed by atoms with Crippen LogP contribution in [0.15, 0.2) is 29.4 Å². The second-order valence-corrected chi connectivity index (χ2v) is 3.89. The number of rotatable bonds is 4. The minimum atomic E-state index is 0.872. The Morgan fingerprint density at radius 3 is 2.50 bits per heavy atom. The van der Waals surface area contributed by atoms with Gasteiger partial charge in [-0.2, -0.15) is 11.8 Å². The molecule has 1 rings (SSSR count). The molecule has 0 N–H and O–H groups in total. The molecule has 14 heavy (non-hydrogen) atoms. The molecule has 0 aliphatic carbocycles. The van der Waals surface area contributed by atoms with Gasteiger partial charge in [0.1, 0.15) is 7.11 Å². The van der Waals surface area contributed by atoms with Crippen LogP contribution >= 0.6 is 11.8 Å². The van der Waals surface area contributed by atoms with Crippen LogP contribution in [-0.4, -0.2) is 24.8 Å². The molecule has 3 heteroatoms. The summed E-state index contributed by atoms with van der Waals surface area (Å²) < 4.78 is 0. The minimum absolute atomic E-state index is 0.872. The quantitative estimate of drug-likeness (QED) is 0.561. The Bertz CT molecular complexity index is 306. The summed E-state index contributed by atoms with van der Waals surface area (Å²) in [6.45, 7) is 2.07. The first-order chi connectivity index (χ1) is 6.77. The van der Waals surface area contributed by atoms with Crippen LogP contribution in [0.25, 0.3) is 0 Å². The van der Waals surface area contributed by atoms with E-state index in [2.05, 4.69) is 42.6 Å². The fourth-order valence-corrected chi connectivity index (χ4v) is 1.65. The lowest BCUT2D eigenvalue weighted by atomic mass is 10.1. The topological polar surface area (TPSA) is 21.6 Å². The molecule has 0 saturated carbocycles. The largest absolute Gasteiger partial charge is 0.399 e. The zero-order valence-electron chi connectivity index (χ0n) is 8.78. The highest BCUT2D eigenvalue weighted by Gasteiger charge is 2.02. The molecule has 0 spiro atoms. The highest BCUT2D eigenvalue weighted by molar-refractivity contribution is 7.99. The molecule has 0 aliphatic heterocycles. The Labute approximate surface area is 89.3 Å². The fraction of sp³-hybridized carbons (Fsp3) is 0.364. The molecule has 0 amide bonds. The van der Waals surface area contributed by atoms with Gasteiger partial charge in [-0.15, -0.1) is 0 Å². The molecule has 2 nitrogen and oxygen atoms in total. The molecule has 1 aromatic carbocycles. The number of oxime groups is 1. The summed E-state index contributed by atoms with van der Waals surface area (Å²) in [7, 11) is 1.58. The average Bonchev–Trinajstić information content (AvgIpc) is 2.19. The molecular weight excluding hydrogens is 194 g/mol. The van der Waals surface area contributed by atoms with E-state index in [1.807, 2.05) is 0 Å². The molecule has 0 bridgehead atoms. The van der Waals surface area contributed by atoms with E-state index in [1.54, 1.807) is 18.9 Å². The zero-order chi connectivity index (χ0) is 10.4. The molecular formula is C11H15NOS. The van der Waals surface area contributed by atoms with Gasteiger partial charge in [0, 0.05) is 11.3 Å². The van der Waals surface area contributed by atoms with E-state index < -0.39 is 0 Å². The van der Waals surface area contributed by atoms with E-state index in [0.29, 0.717) is 0 Å². The first-order valence-electron chi connectivity index (χ1n) is 4.44. The van der Waals surface area contributed by atoms with Gasteiger partial charge in [-0.3, -0.25) is 0 Å². The Hall–Kier alpha value is -0.960. The predicted octanol–water partition coefficient (Wildman–Crippen LogP) is 2.71. The lowest BCUT2D eigenvalue weighted by molar-refractivity contribution is 0.213. The number of thioether (sulfide) groups is 1. The number of nitrogens with zero attached hydrogens (tertiary/aromatic N) is 1. The van der Waals surface area contributed by atoms with Crippen LogP contribution < -0.4 is 0 Å². The Morgan fingerprint density at radius 2 is 2.00 bits per heavy atom. The third kappa shape index (κ3) is 3.07. The molecule has 0 aliphatic rings. The average molecular weight is 209 g/mol. The summed E-state index contributed by atoms with van der Waals surface area (Å²) in [5, 5.41) is 4.01. The standard InChI is InChI=1S/C11H15NOS/c1-9-4-6-10(7-5-9)11(8-14-3)12-13-2/h4-7H,8H2,1-3H3/b12-11+. The van der Waals surface area contributed by atoms with Gasteiger partial charge in [0.15, 0.2) is 0 Å². The van der Waals surface area contributed by atoms with E-state index in [4.69, 9.17) is 4.84 Å². The third-order valence-corrected chi connectivity index (χ3v) is 2.43. The molecule has 0 fully saturated rings. The number of aryl methyl sites for hydroxylation is 1. The maximum absolute atomic E-state index is 4.82. The predicted molar refractivity (Wildman–Crippen MR) is 63.1 cm³/mol. The van der Waals surface area contributed by atoms with Crippen molar-refractivity contribution in [1.29, 1.82) is 0 Å². The van der Waals surface area contributed by atoms with E-state index in [1.165, 1.54) is 5.56 Å². The lowest BCUT2D eigenvalue weighted by Crippen LogP contribution is -2.04. The van der Waals surface area contributed by atoms with Crippen LogP contribution in [0.2, 0.25) is 0 Å². The zero-order valence-corrected chi connectivity index (χ0v) is 9.60. The van der Waals surface area contributed by atoms with E-state index in [0.717, 1.165) is 17.0 Å².